The first-order valence-electron chi connectivity index (χ1n) is 17.2. The van der Waals surface area contributed by atoms with Gasteiger partial charge < -0.3 is 29.7 Å². The number of carbonyl (C=O) groups excluding carboxylic acids is 4. The van der Waals surface area contributed by atoms with Crippen molar-refractivity contribution in [3.8, 4) is 0 Å². The average Bonchev–Trinajstić information content (AvgIpc) is 3.87. The maximum Gasteiger partial charge on any atom is 0.306 e. The molecule has 1 spiro atoms. The molecule has 3 aromatic rings. The number of hydrogen-bond acceptors (Lipinski definition) is 9. The van der Waals surface area contributed by atoms with E-state index in [-0.39, 0.29) is 38.8 Å². The summed E-state index contributed by atoms with van der Waals surface area (Å²) in [6.07, 6.45) is 7.30. The van der Waals surface area contributed by atoms with E-state index in [1.165, 1.54) is 4.90 Å². The second-order valence-electron chi connectivity index (χ2n) is 13.9. The number of cyclic esters (lactones) is 1. The van der Waals surface area contributed by atoms with Crippen LogP contribution in [0.2, 0.25) is 0 Å². The smallest absolute Gasteiger partial charge is 0.306 e. The molecule has 2 fully saturated rings. The number of aromatic nitrogens is 3. The molecule has 13 nitrogen and oxygen atoms in total. The molecule has 5 heterocycles. The highest BCUT2D eigenvalue weighted by molar-refractivity contribution is 6.00. The van der Waals surface area contributed by atoms with E-state index in [9.17, 15) is 19.5 Å². The van der Waals surface area contributed by atoms with E-state index < -0.39 is 65.4 Å². The minimum absolute atomic E-state index is 0.00872. The van der Waals surface area contributed by atoms with Crippen molar-refractivity contribution in [3.63, 3.8) is 0 Å². The maximum absolute atomic E-state index is 15.1. The molecule has 0 aliphatic carbocycles. The highest BCUT2D eigenvalue weighted by Gasteiger charge is 2.73. The Labute approximate surface area is 289 Å². The number of carbonyl (C=O) groups is 4. The molecule has 3 amide bonds. The van der Waals surface area contributed by atoms with Crippen molar-refractivity contribution in [3.05, 3.63) is 84.5 Å². The lowest BCUT2D eigenvalue weighted by atomic mass is 9.74. The van der Waals surface area contributed by atoms with Crippen molar-refractivity contribution in [2.75, 3.05) is 19.8 Å². The van der Waals surface area contributed by atoms with Gasteiger partial charge in [0.2, 0.25) is 11.8 Å². The van der Waals surface area contributed by atoms with Crippen molar-refractivity contribution in [1.82, 2.24) is 30.1 Å². The van der Waals surface area contributed by atoms with Crippen molar-refractivity contribution in [2.24, 2.45) is 17.8 Å². The molecule has 4 aliphatic rings. The van der Waals surface area contributed by atoms with Crippen LogP contribution < -0.4 is 5.32 Å². The summed E-state index contributed by atoms with van der Waals surface area (Å²) in [5.74, 6) is -3.58. The molecule has 7 atom stereocenters. The number of benzene rings is 2. The third kappa shape index (κ3) is 5.98. The van der Waals surface area contributed by atoms with E-state index in [4.69, 9.17) is 9.47 Å². The molecular weight excluding hydrogens is 640 g/mol. The normalized spacial score (nSPS) is 29.8. The van der Waals surface area contributed by atoms with Crippen LogP contribution >= 0.6 is 0 Å². The van der Waals surface area contributed by atoms with Gasteiger partial charge in [-0.2, -0.15) is 0 Å². The highest BCUT2D eigenvalue weighted by Crippen LogP contribution is 2.56. The van der Waals surface area contributed by atoms with Gasteiger partial charge in [-0.15, -0.1) is 5.10 Å². The summed E-state index contributed by atoms with van der Waals surface area (Å²) in [7, 11) is 0. The monoisotopic (exact) mass is 682 g/mol. The Balaban J connectivity index is 1.31. The second-order valence-corrected chi connectivity index (χ2v) is 13.9. The van der Waals surface area contributed by atoms with Crippen molar-refractivity contribution >= 4 is 34.7 Å². The third-order valence-electron chi connectivity index (χ3n) is 10.2. The van der Waals surface area contributed by atoms with Gasteiger partial charge in [0.1, 0.15) is 30.4 Å². The molecule has 2 N–H and O–H groups in total. The Hall–Kier alpha value is -4.88. The Kier molecular flexibility index (Phi) is 9.27. The predicted octanol–water partition coefficient (Wildman–Crippen LogP) is 2.53. The lowest BCUT2D eigenvalue weighted by Crippen LogP contribution is -2.58. The van der Waals surface area contributed by atoms with Gasteiger partial charge in [0, 0.05) is 13.0 Å². The highest BCUT2D eigenvalue weighted by atomic mass is 16.5. The Morgan fingerprint density at radius 3 is 2.58 bits per heavy atom. The van der Waals surface area contributed by atoms with Crippen LogP contribution in [0.25, 0.3) is 11.0 Å². The van der Waals surface area contributed by atoms with Crippen LogP contribution in [0.3, 0.4) is 0 Å². The van der Waals surface area contributed by atoms with Gasteiger partial charge >= 0.3 is 5.97 Å². The zero-order valence-corrected chi connectivity index (χ0v) is 28.1. The summed E-state index contributed by atoms with van der Waals surface area (Å²) in [6, 6.07) is 14.1. The van der Waals surface area contributed by atoms with Crippen LogP contribution in [0.15, 0.2) is 78.9 Å². The van der Waals surface area contributed by atoms with Crippen molar-refractivity contribution in [2.45, 2.75) is 69.6 Å². The number of aliphatic hydroxyl groups is 1. The van der Waals surface area contributed by atoms with Crippen LogP contribution in [0, 0.1) is 17.8 Å². The van der Waals surface area contributed by atoms with E-state index in [0.29, 0.717) is 18.4 Å². The number of fused-ring (bicyclic) bond motifs is 3. The molecule has 50 heavy (non-hydrogen) atoms. The van der Waals surface area contributed by atoms with Crippen LogP contribution in [-0.4, -0.2) is 97.1 Å². The lowest BCUT2D eigenvalue weighted by Gasteiger charge is -2.39. The summed E-state index contributed by atoms with van der Waals surface area (Å²) in [5, 5.41) is 22.3. The molecule has 5 bridgehead atoms. The topological polar surface area (TPSA) is 156 Å². The molecule has 7 rings (SSSR count). The summed E-state index contributed by atoms with van der Waals surface area (Å²) in [6.45, 7) is 3.66. The molecule has 2 aromatic carbocycles. The van der Waals surface area contributed by atoms with Crippen LogP contribution in [0.1, 0.15) is 44.7 Å². The number of esters is 1. The Bertz CT molecular complexity index is 1820. The molecule has 2 saturated heterocycles. The first kappa shape index (κ1) is 33.6. The van der Waals surface area contributed by atoms with Crippen LogP contribution in [0.4, 0.5) is 0 Å². The van der Waals surface area contributed by atoms with Gasteiger partial charge in [0.15, 0.2) is 0 Å². The molecule has 0 unspecified atom stereocenters. The number of rotatable bonds is 7. The van der Waals surface area contributed by atoms with Gasteiger partial charge in [0.25, 0.3) is 5.91 Å². The Morgan fingerprint density at radius 1 is 1.02 bits per heavy atom. The second kappa shape index (κ2) is 13.8. The first-order chi connectivity index (χ1) is 24.2. The van der Waals surface area contributed by atoms with E-state index in [1.807, 2.05) is 74.5 Å². The molecular formula is C37H42N6O7. The van der Waals surface area contributed by atoms with Gasteiger partial charge in [-0.1, -0.05) is 85.8 Å². The molecule has 1 aromatic heterocycles. The average molecular weight is 683 g/mol. The van der Waals surface area contributed by atoms with E-state index in [0.717, 1.165) is 11.1 Å². The number of para-hydroxylation sites is 1. The minimum Gasteiger partial charge on any atom is -0.463 e. The van der Waals surface area contributed by atoms with E-state index in [1.54, 1.807) is 27.8 Å². The molecule has 262 valence electrons. The fraction of sp³-hybridized carbons (Fsp3) is 0.459. The summed E-state index contributed by atoms with van der Waals surface area (Å²) in [5.41, 5.74) is 0.681. The van der Waals surface area contributed by atoms with Crippen molar-refractivity contribution < 1.29 is 33.8 Å². The quantitative estimate of drug-likeness (QED) is 0.283. The van der Waals surface area contributed by atoms with Crippen LogP contribution in [-0.2, 0) is 35.3 Å². The van der Waals surface area contributed by atoms with E-state index >= 15 is 4.79 Å². The minimum atomic E-state index is -1.44. The number of likely N-dealkylation sites (tertiary alicyclic amines) is 1. The van der Waals surface area contributed by atoms with Crippen LogP contribution in [0.5, 0.6) is 0 Å². The van der Waals surface area contributed by atoms with Gasteiger partial charge in [-0.25, -0.2) is 4.68 Å². The van der Waals surface area contributed by atoms with E-state index in [2.05, 4.69) is 15.6 Å². The number of aliphatic hydroxyl groups excluding tert-OH is 1. The number of nitrogens with zero attached hydrogens (tertiary/aromatic N) is 5. The Morgan fingerprint density at radius 2 is 1.80 bits per heavy atom. The number of nitrogens with one attached hydrogen (secondary N) is 1. The van der Waals surface area contributed by atoms with Gasteiger partial charge in [-0.3, -0.25) is 19.2 Å². The van der Waals surface area contributed by atoms with Gasteiger partial charge in [0.05, 0.1) is 42.1 Å². The number of amides is 3. The molecule has 0 saturated carbocycles. The van der Waals surface area contributed by atoms with Crippen molar-refractivity contribution in [1.29, 1.82) is 0 Å². The predicted molar refractivity (Wildman–Crippen MR) is 181 cm³/mol. The molecule has 4 aliphatic heterocycles. The van der Waals surface area contributed by atoms with Gasteiger partial charge in [-0.05, 0) is 36.5 Å². The standard InChI is InChI=1S/C37H42N6O7/c1-23(2)19-25(20-44)43-33-36(48)41(22-42-28-14-9-8-13-26(28)39-40-42)18-10-4-7-15-30(45)49-21-27(24-11-5-3-6-12-24)38-34(46)31-29-16-17-37(33,50-29)32(31)35(43)47/h3-6,8-14,16-17,23,25,27,29,31-33,44H,7,15,18-22H2,1-2H3,(H,38,46)/b10-4-/t25-,27-,29-,31+,32+,33-,37+/m1/s1. The fourth-order valence-electron chi connectivity index (χ4n) is 7.92. The molecule has 13 heteroatoms. The SMILES string of the molecule is CC(C)C[C@H](CO)N1C(=O)[C@@H]2[C@H]3C(=O)N[C@@H](c4ccccc4)COC(=O)CC/C=C\CN(Cn4nnc5ccccc54)C(=O)[C@@H]1[C@]21C=C[C@H]3O1. The summed E-state index contributed by atoms with van der Waals surface area (Å²) in [4.78, 5) is 59.9. The zero-order valence-electron chi connectivity index (χ0n) is 28.1. The maximum atomic E-state index is 15.1. The summed E-state index contributed by atoms with van der Waals surface area (Å²) < 4.78 is 13.9. The first-order valence-corrected chi connectivity index (χ1v) is 17.2. The summed E-state index contributed by atoms with van der Waals surface area (Å²) >= 11 is 0. The largest absolute Gasteiger partial charge is 0.463 e. The third-order valence-corrected chi connectivity index (χ3v) is 10.2. The zero-order chi connectivity index (χ0) is 35.0. The number of hydrogen-bond donors (Lipinski definition) is 2. The molecule has 0 radical (unpaired) electrons. The number of ether oxygens (including phenoxy) is 2. The fourth-order valence-corrected chi connectivity index (χ4v) is 7.92. The number of allylic oxidation sites excluding steroid dienone is 1. The lowest BCUT2D eigenvalue weighted by molar-refractivity contribution is -0.152.